The number of carbonyl (C=O) groups is 1. The third-order valence-electron chi connectivity index (χ3n) is 5.22. The van der Waals surface area contributed by atoms with Crippen LogP contribution in [0.25, 0.3) is 10.2 Å². The van der Waals surface area contributed by atoms with Crippen molar-refractivity contribution in [3.8, 4) is 0 Å². The Hall–Kier alpha value is -3.45. The van der Waals surface area contributed by atoms with E-state index in [9.17, 15) is 14.4 Å². The lowest BCUT2D eigenvalue weighted by atomic mass is 10.1. The average molecular weight is 434 g/mol. The van der Waals surface area contributed by atoms with E-state index < -0.39 is 5.69 Å². The van der Waals surface area contributed by atoms with Crippen molar-refractivity contribution in [3.63, 3.8) is 0 Å². The highest BCUT2D eigenvalue weighted by atomic mass is 32.1. The lowest BCUT2D eigenvalue weighted by Crippen LogP contribution is -2.42. The van der Waals surface area contributed by atoms with E-state index >= 15 is 0 Å². The van der Waals surface area contributed by atoms with Gasteiger partial charge < -0.3 is 5.32 Å². The summed E-state index contributed by atoms with van der Waals surface area (Å²) in [7, 11) is 0. The second-order valence-corrected chi connectivity index (χ2v) is 8.37. The molecule has 0 atom stereocenters. The van der Waals surface area contributed by atoms with Crippen molar-refractivity contribution < 1.29 is 4.79 Å². The Morgan fingerprint density at radius 1 is 0.935 bits per heavy atom. The largest absolute Gasteiger partial charge is 0.350 e. The molecule has 0 fully saturated rings. The molecule has 6 nitrogen and oxygen atoms in total. The molecule has 0 aliphatic rings. The van der Waals surface area contributed by atoms with Gasteiger partial charge in [-0.25, -0.2) is 4.79 Å². The van der Waals surface area contributed by atoms with Gasteiger partial charge in [-0.3, -0.25) is 18.7 Å². The number of hydrogen-bond donors (Lipinski definition) is 1. The normalized spacial score (nSPS) is 11.0. The van der Waals surface area contributed by atoms with Crippen LogP contribution in [0.3, 0.4) is 0 Å². The van der Waals surface area contributed by atoms with E-state index in [2.05, 4.69) is 5.32 Å². The number of amides is 1. The smallest absolute Gasteiger partial charge is 0.332 e. The molecule has 0 bridgehead atoms. The number of aromatic nitrogens is 2. The number of carbonyl (C=O) groups excluding carboxylic acids is 1. The molecule has 0 spiro atoms. The van der Waals surface area contributed by atoms with Crippen LogP contribution in [0.4, 0.5) is 0 Å². The van der Waals surface area contributed by atoms with Gasteiger partial charge in [0, 0.05) is 13.1 Å². The molecule has 158 valence electrons. The minimum atomic E-state index is -0.461. The van der Waals surface area contributed by atoms with E-state index in [1.54, 1.807) is 11.4 Å². The predicted molar refractivity (Wildman–Crippen MR) is 124 cm³/mol. The number of fused-ring (bicyclic) bond motifs is 1. The molecule has 4 aromatic rings. The summed E-state index contributed by atoms with van der Waals surface area (Å²) < 4.78 is 3.11. The van der Waals surface area contributed by atoms with E-state index in [-0.39, 0.29) is 24.6 Å². The lowest BCUT2D eigenvalue weighted by Gasteiger charge is -2.12. The molecule has 0 aliphatic carbocycles. The zero-order valence-corrected chi connectivity index (χ0v) is 18.0. The Morgan fingerprint density at radius 2 is 1.68 bits per heavy atom. The molecule has 4 rings (SSSR count). The van der Waals surface area contributed by atoms with E-state index in [4.69, 9.17) is 0 Å². The monoisotopic (exact) mass is 433 g/mol. The first-order valence-electron chi connectivity index (χ1n) is 10.1. The highest BCUT2D eigenvalue weighted by Crippen LogP contribution is 2.15. The summed E-state index contributed by atoms with van der Waals surface area (Å²) in [5.41, 5.74) is 2.92. The zero-order chi connectivity index (χ0) is 21.8. The van der Waals surface area contributed by atoms with Crippen molar-refractivity contribution in [2.75, 3.05) is 0 Å². The number of rotatable bonds is 7. The van der Waals surface area contributed by atoms with Crippen LogP contribution in [0.15, 0.2) is 75.6 Å². The highest BCUT2D eigenvalue weighted by molar-refractivity contribution is 7.17. The quantitative estimate of drug-likeness (QED) is 0.487. The van der Waals surface area contributed by atoms with Gasteiger partial charge in [0.05, 0.1) is 5.52 Å². The van der Waals surface area contributed by atoms with E-state index in [0.29, 0.717) is 23.2 Å². The van der Waals surface area contributed by atoms with Crippen LogP contribution in [0.2, 0.25) is 0 Å². The third kappa shape index (κ3) is 4.67. The van der Waals surface area contributed by atoms with Crippen LogP contribution < -0.4 is 16.6 Å². The Bertz CT molecular complexity index is 1320. The molecule has 0 unspecified atom stereocenters. The molecule has 2 heterocycles. The first-order valence-corrected chi connectivity index (χ1v) is 11.0. The fraction of sp³-hybridized carbons (Fsp3) is 0.208. The summed E-state index contributed by atoms with van der Waals surface area (Å²) in [5, 5.41) is 4.63. The highest BCUT2D eigenvalue weighted by Gasteiger charge is 2.16. The van der Waals surface area contributed by atoms with Crippen molar-refractivity contribution in [2.45, 2.75) is 33.0 Å². The van der Waals surface area contributed by atoms with Gasteiger partial charge in [0.2, 0.25) is 5.91 Å². The van der Waals surface area contributed by atoms with Crippen molar-refractivity contribution in [1.29, 1.82) is 0 Å². The van der Waals surface area contributed by atoms with Crippen LogP contribution in [0.5, 0.6) is 0 Å². The third-order valence-corrected chi connectivity index (χ3v) is 6.11. The SMILES string of the molecule is Cc1ccc(CNC(=O)Cn2c(=O)n(CCc3ccccc3)c(=O)c3sccc32)cc1. The van der Waals surface area contributed by atoms with Crippen molar-refractivity contribution in [1.82, 2.24) is 14.5 Å². The summed E-state index contributed by atoms with van der Waals surface area (Å²) in [6.07, 6.45) is 0.562. The van der Waals surface area contributed by atoms with Crippen molar-refractivity contribution >= 4 is 27.5 Å². The van der Waals surface area contributed by atoms with Gasteiger partial charge in [-0.05, 0) is 35.9 Å². The predicted octanol–water partition coefficient (Wildman–Crippen LogP) is 3.09. The first-order chi connectivity index (χ1) is 15.0. The van der Waals surface area contributed by atoms with Gasteiger partial charge in [-0.15, -0.1) is 11.3 Å². The zero-order valence-electron chi connectivity index (χ0n) is 17.2. The fourth-order valence-electron chi connectivity index (χ4n) is 3.47. The van der Waals surface area contributed by atoms with Gasteiger partial charge in [-0.1, -0.05) is 60.2 Å². The molecule has 0 aliphatic heterocycles. The van der Waals surface area contributed by atoms with E-state index in [1.165, 1.54) is 20.5 Å². The van der Waals surface area contributed by atoms with E-state index in [0.717, 1.165) is 16.7 Å². The molecule has 2 aromatic heterocycles. The molecule has 1 N–H and O–H groups in total. The number of hydrogen-bond acceptors (Lipinski definition) is 4. The second-order valence-electron chi connectivity index (χ2n) is 7.46. The minimum absolute atomic E-state index is 0.135. The molecular weight excluding hydrogens is 410 g/mol. The van der Waals surface area contributed by atoms with E-state index in [1.807, 2.05) is 61.5 Å². The molecule has 0 saturated carbocycles. The Labute approximate surface area is 183 Å². The summed E-state index contributed by atoms with van der Waals surface area (Å²) in [6.45, 7) is 2.52. The van der Waals surface area contributed by atoms with Crippen LogP contribution in [-0.2, 0) is 30.8 Å². The first kappa shape index (κ1) is 20.8. The average Bonchev–Trinajstić information content (AvgIpc) is 3.27. The summed E-state index contributed by atoms with van der Waals surface area (Å²) in [5.74, 6) is -0.275. The summed E-state index contributed by atoms with van der Waals surface area (Å²) in [4.78, 5) is 38.6. The van der Waals surface area contributed by atoms with Crippen LogP contribution in [0, 0.1) is 6.92 Å². The lowest BCUT2D eigenvalue weighted by molar-refractivity contribution is -0.121. The Balaban J connectivity index is 1.57. The number of nitrogens with one attached hydrogen (secondary N) is 1. The topological polar surface area (TPSA) is 73.1 Å². The summed E-state index contributed by atoms with van der Waals surface area (Å²) >= 11 is 1.29. The molecule has 2 aromatic carbocycles. The van der Waals surface area contributed by atoms with Crippen LogP contribution in [-0.4, -0.2) is 15.0 Å². The maximum atomic E-state index is 13.1. The van der Waals surface area contributed by atoms with Crippen molar-refractivity contribution in [3.05, 3.63) is 104 Å². The maximum absolute atomic E-state index is 13.1. The standard InChI is InChI=1S/C24H23N3O3S/c1-17-7-9-19(10-8-17)15-25-21(28)16-27-20-12-14-31-22(20)23(29)26(24(27)30)13-11-18-5-3-2-4-6-18/h2-10,12,14H,11,13,15-16H2,1H3,(H,25,28). The van der Waals surface area contributed by atoms with Crippen molar-refractivity contribution in [2.24, 2.45) is 0 Å². The van der Waals surface area contributed by atoms with Crippen LogP contribution >= 0.6 is 11.3 Å². The molecule has 31 heavy (non-hydrogen) atoms. The molecular formula is C24H23N3O3S. The maximum Gasteiger partial charge on any atom is 0.332 e. The Morgan fingerprint density at radius 3 is 2.42 bits per heavy atom. The van der Waals surface area contributed by atoms with Gasteiger partial charge in [0.1, 0.15) is 11.2 Å². The second kappa shape index (κ2) is 9.14. The molecule has 1 amide bonds. The molecule has 0 radical (unpaired) electrons. The number of nitrogens with zero attached hydrogens (tertiary/aromatic N) is 2. The molecule has 7 heteroatoms. The summed E-state index contributed by atoms with van der Waals surface area (Å²) in [6, 6.07) is 19.3. The number of benzene rings is 2. The number of thiophene rings is 1. The van der Waals surface area contributed by atoms with Gasteiger partial charge in [-0.2, -0.15) is 0 Å². The van der Waals surface area contributed by atoms with Crippen LogP contribution in [0.1, 0.15) is 16.7 Å². The minimum Gasteiger partial charge on any atom is -0.350 e. The number of aryl methyl sites for hydroxylation is 2. The fourth-order valence-corrected chi connectivity index (χ4v) is 4.32. The van der Waals surface area contributed by atoms with Gasteiger partial charge in [0.15, 0.2) is 0 Å². The molecule has 0 saturated heterocycles. The van der Waals surface area contributed by atoms with Gasteiger partial charge in [0.25, 0.3) is 5.56 Å². The van der Waals surface area contributed by atoms with Gasteiger partial charge >= 0.3 is 5.69 Å². The Kier molecular flexibility index (Phi) is 6.13.